The van der Waals surface area contributed by atoms with Crippen molar-refractivity contribution in [2.75, 3.05) is 18.8 Å². The Morgan fingerprint density at radius 3 is 2.44 bits per heavy atom. The largest absolute Gasteiger partial charge is 0.391 e. The van der Waals surface area contributed by atoms with E-state index >= 15 is 0 Å². The second-order valence-corrected chi connectivity index (χ2v) is 13.3. The van der Waals surface area contributed by atoms with Crippen molar-refractivity contribution < 1.29 is 26.4 Å². The average molecular weight is 567 g/mol. The van der Waals surface area contributed by atoms with Gasteiger partial charge in [0.15, 0.2) is 9.84 Å². The van der Waals surface area contributed by atoms with E-state index in [1.807, 2.05) is 6.07 Å². The molecule has 0 aromatic carbocycles. The first-order chi connectivity index (χ1) is 18.4. The lowest BCUT2D eigenvalue weighted by molar-refractivity contribution is -0.184. The molecule has 0 bridgehead atoms. The van der Waals surface area contributed by atoms with E-state index in [2.05, 4.69) is 29.0 Å². The van der Waals surface area contributed by atoms with Crippen LogP contribution in [0.4, 0.5) is 13.2 Å². The fraction of sp³-hybridized carbons (Fsp3) is 0.607. The molecule has 2 aliphatic rings. The summed E-state index contributed by atoms with van der Waals surface area (Å²) in [5, 5.41) is 2.82. The Labute approximate surface area is 228 Å². The Kier molecular flexibility index (Phi) is 9.00. The van der Waals surface area contributed by atoms with E-state index in [9.17, 15) is 26.4 Å². The molecule has 1 fully saturated rings. The van der Waals surface area contributed by atoms with Crippen molar-refractivity contribution in [1.82, 2.24) is 20.2 Å². The lowest BCUT2D eigenvalue weighted by Gasteiger charge is -2.42. The summed E-state index contributed by atoms with van der Waals surface area (Å²) in [4.78, 5) is 24.2. The van der Waals surface area contributed by atoms with Crippen LogP contribution < -0.4 is 5.32 Å². The quantitative estimate of drug-likeness (QED) is 0.477. The van der Waals surface area contributed by atoms with Crippen molar-refractivity contribution in [2.45, 2.75) is 76.5 Å². The maximum absolute atomic E-state index is 13.1. The summed E-state index contributed by atoms with van der Waals surface area (Å²) in [7, 11) is -3.33. The first-order valence-corrected chi connectivity index (χ1v) is 15.3. The fourth-order valence-corrected chi connectivity index (χ4v) is 6.59. The normalized spacial score (nSPS) is 22.5. The number of alkyl halides is 3. The van der Waals surface area contributed by atoms with Gasteiger partial charge in [0.2, 0.25) is 0 Å². The molecule has 1 saturated carbocycles. The molecule has 7 nitrogen and oxygen atoms in total. The smallest absolute Gasteiger partial charge is 0.346 e. The molecule has 1 unspecified atom stereocenters. The number of rotatable bonds is 8. The molecule has 1 amide bonds. The number of nitrogens with one attached hydrogen (secondary N) is 1. The topological polar surface area (TPSA) is 92.3 Å². The van der Waals surface area contributed by atoms with Crippen LogP contribution in [0.15, 0.2) is 35.5 Å². The van der Waals surface area contributed by atoms with Crippen molar-refractivity contribution in [2.24, 2.45) is 17.8 Å². The van der Waals surface area contributed by atoms with Crippen molar-refractivity contribution in [1.29, 1.82) is 0 Å². The zero-order chi connectivity index (χ0) is 28.4. The molecule has 3 heterocycles. The van der Waals surface area contributed by atoms with Gasteiger partial charge in [-0.15, -0.1) is 0 Å². The highest BCUT2D eigenvalue weighted by atomic mass is 32.2. The minimum atomic E-state index is -4.09. The Morgan fingerprint density at radius 2 is 1.85 bits per heavy atom. The Balaban J connectivity index is 1.39. The number of hydrogen-bond acceptors (Lipinski definition) is 6. The van der Waals surface area contributed by atoms with Gasteiger partial charge in [0, 0.05) is 25.5 Å². The maximum Gasteiger partial charge on any atom is 0.391 e. The van der Waals surface area contributed by atoms with E-state index in [-0.39, 0.29) is 53.8 Å². The van der Waals surface area contributed by atoms with E-state index < -0.39 is 21.9 Å². The second-order valence-electron chi connectivity index (χ2n) is 11.0. The summed E-state index contributed by atoms with van der Waals surface area (Å²) < 4.78 is 63.1. The lowest BCUT2D eigenvalue weighted by atomic mass is 9.80. The minimum Gasteiger partial charge on any atom is -0.346 e. The zero-order valence-corrected chi connectivity index (χ0v) is 23.5. The summed E-state index contributed by atoms with van der Waals surface area (Å²) in [6, 6.07) is 5.01. The second kappa shape index (κ2) is 11.9. The molecule has 0 saturated heterocycles. The van der Waals surface area contributed by atoms with Gasteiger partial charge in [-0.2, -0.15) is 13.2 Å². The maximum atomic E-state index is 13.1. The van der Waals surface area contributed by atoms with E-state index in [4.69, 9.17) is 4.98 Å². The van der Waals surface area contributed by atoms with Crippen LogP contribution in [0, 0.1) is 17.8 Å². The first-order valence-electron chi connectivity index (χ1n) is 13.6. The Morgan fingerprint density at radius 1 is 1.13 bits per heavy atom. The molecule has 214 valence electrons. The van der Waals surface area contributed by atoms with Crippen LogP contribution in [0.2, 0.25) is 0 Å². The summed E-state index contributed by atoms with van der Waals surface area (Å²) >= 11 is 0. The van der Waals surface area contributed by atoms with Gasteiger partial charge in [-0.3, -0.25) is 19.7 Å². The van der Waals surface area contributed by atoms with Crippen molar-refractivity contribution >= 4 is 15.7 Å². The number of hydrogen-bond donors (Lipinski definition) is 1. The Bertz CT molecular complexity index is 1260. The van der Waals surface area contributed by atoms with Crippen molar-refractivity contribution in [3.63, 3.8) is 0 Å². The number of aromatic nitrogens is 2. The number of fused-ring (bicyclic) bond motifs is 1. The summed E-state index contributed by atoms with van der Waals surface area (Å²) in [5.41, 5.74) is 2.95. The number of carbonyl (C=O) groups is 1. The number of nitrogens with zero attached hydrogens (tertiary/aromatic N) is 3. The van der Waals surface area contributed by atoms with Gasteiger partial charge in [-0.1, -0.05) is 20.8 Å². The SMILES string of the molecule is CCS(=O)(=O)c1ccc(CNC(=O)c2cnc3c(c2)CCN(CC2CCC(C(F)(F)F)CC2)C3C(C)C)nc1. The van der Waals surface area contributed by atoms with Crippen LogP contribution in [0.3, 0.4) is 0 Å². The molecule has 0 radical (unpaired) electrons. The molecule has 2 aromatic heterocycles. The molecule has 2 aromatic rings. The number of pyridine rings is 2. The van der Waals surface area contributed by atoms with Crippen molar-refractivity contribution in [3.8, 4) is 0 Å². The van der Waals surface area contributed by atoms with Gasteiger partial charge < -0.3 is 5.32 Å². The summed E-state index contributed by atoms with van der Waals surface area (Å²) in [6.07, 6.45) is 1.11. The van der Waals surface area contributed by atoms with Gasteiger partial charge in [-0.25, -0.2) is 8.42 Å². The van der Waals surface area contributed by atoms with E-state index in [0.717, 1.165) is 30.8 Å². The lowest BCUT2D eigenvalue weighted by Crippen LogP contribution is -2.42. The van der Waals surface area contributed by atoms with E-state index in [1.54, 1.807) is 19.2 Å². The fourth-order valence-electron chi connectivity index (χ4n) is 5.77. The highest BCUT2D eigenvalue weighted by Gasteiger charge is 2.42. The van der Waals surface area contributed by atoms with E-state index in [1.165, 1.54) is 12.3 Å². The molecular weight excluding hydrogens is 529 g/mol. The monoisotopic (exact) mass is 566 g/mol. The number of carbonyl (C=O) groups excluding carboxylic acids is 1. The van der Waals surface area contributed by atoms with Gasteiger partial charge in [0.1, 0.15) is 0 Å². The van der Waals surface area contributed by atoms with Crippen LogP contribution >= 0.6 is 0 Å². The van der Waals surface area contributed by atoms with Crippen LogP contribution in [0.5, 0.6) is 0 Å². The predicted molar refractivity (Wildman–Crippen MR) is 142 cm³/mol. The number of amides is 1. The molecule has 0 spiro atoms. The molecular formula is C28H37F3N4O3S. The standard InChI is InChI=1S/C28H37F3N4O3S/c1-4-39(37,38)24-10-9-23(32-16-24)15-34-27(36)21-13-20-11-12-35(26(18(2)3)25(20)33-14-21)17-19-5-7-22(8-6-19)28(29,30)31/h9-10,13-14,16,18-19,22,26H,4-8,11-12,15,17H2,1-3H3,(H,34,36). The first kappa shape index (κ1) is 29.5. The van der Waals surface area contributed by atoms with Gasteiger partial charge in [-0.05, 0) is 67.7 Å². The zero-order valence-electron chi connectivity index (χ0n) is 22.7. The molecule has 39 heavy (non-hydrogen) atoms. The molecule has 4 rings (SSSR count). The highest BCUT2D eigenvalue weighted by molar-refractivity contribution is 7.91. The van der Waals surface area contributed by atoms with Crippen LogP contribution in [-0.4, -0.2) is 54.2 Å². The van der Waals surface area contributed by atoms with Gasteiger partial charge in [0.25, 0.3) is 5.91 Å². The number of halogens is 3. The predicted octanol–water partition coefficient (Wildman–Crippen LogP) is 5.12. The summed E-state index contributed by atoms with van der Waals surface area (Å²) in [6.45, 7) is 7.52. The highest BCUT2D eigenvalue weighted by Crippen LogP contribution is 2.41. The minimum absolute atomic E-state index is 0.00548. The molecule has 1 atom stereocenters. The molecule has 11 heteroatoms. The third kappa shape index (κ3) is 6.98. The molecule has 1 aliphatic heterocycles. The van der Waals surface area contributed by atoms with Gasteiger partial charge in [0.05, 0.1) is 46.1 Å². The third-order valence-electron chi connectivity index (χ3n) is 8.01. The Hall–Kier alpha value is -2.53. The van der Waals surface area contributed by atoms with E-state index in [0.29, 0.717) is 24.1 Å². The van der Waals surface area contributed by atoms with Gasteiger partial charge >= 0.3 is 6.18 Å². The third-order valence-corrected chi connectivity index (χ3v) is 9.73. The number of sulfone groups is 1. The molecule has 1 N–H and O–H groups in total. The van der Waals surface area contributed by atoms with Crippen LogP contribution in [-0.2, 0) is 22.8 Å². The summed E-state index contributed by atoms with van der Waals surface area (Å²) in [5.74, 6) is -0.957. The van der Waals surface area contributed by atoms with Crippen molar-refractivity contribution in [3.05, 3.63) is 53.1 Å². The molecule has 1 aliphatic carbocycles. The van der Waals surface area contributed by atoms with Crippen LogP contribution in [0.25, 0.3) is 0 Å². The average Bonchev–Trinajstić information content (AvgIpc) is 2.91. The van der Waals surface area contributed by atoms with Crippen LogP contribution in [0.1, 0.15) is 79.8 Å².